The molecule has 0 saturated heterocycles. The maximum Gasteiger partial charge on any atom is 0.465 e. The second-order valence-corrected chi connectivity index (χ2v) is 13.2. The van der Waals surface area contributed by atoms with Crippen LogP contribution in [0.5, 0.6) is 0 Å². The summed E-state index contributed by atoms with van der Waals surface area (Å²) < 4.78 is 38.1. The third-order valence-corrected chi connectivity index (χ3v) is 7.35. The van der Waals surface area contributed by atoms with Gasteiger partial charge in [0, 0.05) is 13.1 Å². The van der Waals surface area contributed by atoms with Crippen molar-refractivity contribution in [1.82, 2.24) is 9.80 Å². The third kappa shape index (κ3) is 8.55. The molecule has 0 atom stereocenters. The SMILES string of the molecule is CC(C)(C)OC(=O)N1CCCCC=C1OP(=O)(OC1=CCCCCN1C(=O)OC(C)(C)C)c1ccccc1. The molecule has 1 aromatic rings. The molecule has 2 amide bonds. The van der Waals surface area contributed by atoms with Crippen LogP contribution in [0.2, 0.25) is 0 Å². The predicted molar refractivity (Wildman–Crippen MR) is 146 cm³/mol. The van der Waals surface area contributed by atoms with Crippen LogP contribution in [0, 0.1) is 0 Å². The van der Waals surface area contributed by atoms with Gasteiger partial charge in [-0.05, 0) is 104 Å². The summed E-state index contributed by atoms with van der Waals surface area (Å²) >= 11 is 0. The predicted octanol–water partition coefficient (Wildman–Crippen LogP) is 7.06. The second-order valence-electron chi connectivity index (χ2n) is 11.4. The Morgan fingerprint density at radius 1 is 0.711 bits per heavy atom. The molecule has 9 nitrogen and oxygen atoms in total. The third-order valence-electron chi connectivity index (χ3n) is 5.57. The highest BCUT2D eigenvalue weighted by Gasteiger charge is 2.39. The lowest BCUT2D eigenvalue weighted by atomic mass is 10.2. The van der Waals surface area contributed by atoms with E-state index < -0.39 is 31.0 Å². The highest BCUT2D eigenvalue weighted by Crippen LogP contribution is 2.52. The molecule has 38 heavy (non-hydrogen) atoms. The van der Waals surface area contributed by atoms with Crippen LogP contribution in [0.3, 0.4) is 0 Å². The summed E-state index contributed by atoms with van der Waals surface area (Å²) in [6.07, 6.45) is 6.70. The van der Waals surface area contributed by atoms with E-state index in [0.717, 1.165) is 25.7 Å². The molecule has 0 fully saturated rings. The quantitative estimate of drug-likeness (QED) is 0.364. The minimum atomic E-state index is -4.14. The summed E-state index contributed by atoms with van der Waals surface area (Å²) in [7, 11) is -4.14. The van der Waals surface area contributed by atoms with Crippen LogP contribution in [0.25, 0.3) is 0 Å². The topological polar surface area (TPSA) is 94.6 Å². The number of nitrogens with zero attached hydrogens (tertiary/aromatic N) is 2. The van der Waals surface area contributed by atoms with Crippen molar-refractivity contribution < 1.29 is 32.7 Å². The molecule has 0 N–H and O–H groups in total. The van der Waals surface area contributed by atoms with Crippen LogP contribution in [-0.4, -0.2) is 46.3 Å². The van der Waals surface area contributed by atoms with Crippen molar-refractivity contribution in [3.63, 3.8) is 0 Å². The minimum absolute atomic E-state index is 0.113. The number of carbonyl (C=O) groups is 2. The summed E-state index contributed by atoms with van der Waals surface area (Å²) in [5.41, 5.74) is -1.43. The fourth-order valence-electron chi connectivity index (χ4n) is 3.87. The lowest BCUT2D eigenvalue weighted by molar-refractivity contribution is 0.0221. The number of carbonyl (C=O) groups excluding carboxylic acids is 2. The second kappa shape index (κ2) is 12.3. The summed E-state index contributed by atoms with van der Waals surface area (Å²) in [5, 5.41) is 0.295. The number of hydrogen-bond acceptors (Lipinski definition) is 7. The van der Waals surface area contributed by atoms with E-state index in [-0.39, 0.29) is 11.8 Å². The van der Waals surface area contributed by atoms with Gasteiger partial charge in [-0.1, -0.05) is 18.2 Å². The van der Waals surface area contributed by atoms with Crippen molar-refractivity contribution in [2.24, 2.45) is 0 Å². The average Bonchev–Trinajstić information content (AvgIpc) is 3.18. The zero-order chi connectivity index (χ0) is 28.0. The van der Waals surface area contributed by atoms with Gasteiger partial charge in [0.05, 0.1) is 5.30 Å². The van der Waals surface area contributed by atoms with E-state index >= 15 is 0 Å². The maximum absolute atomic E-state index is 14.6. The lowest BCUT2D eigenvalue weighted by Gasteiger charge is -2.32. The number of amides is 2. The van der Waals surface area contributed by atoms with Crippen molar-refractivity contribution >= 4 is 25.1 Å². The standard InChI is InChI=1S/C28H41N2O7P/c1-27(2,3)34-25(31)29-20-14-8-12-18-23(29)36-38(33,22-16-10-7-11-17-22)37-24-19-13-9-15-21-30(24)26(32)35-28(4,5)6/h7,10-11,16-19H,8-9,12-15,20-21H2,1-6H3. The molecule has 2 aliphatic rings. The lowest BCUT2D eigenvalue weighted by Crippen LogP contribution is -2.38. The van der Waals surface area contributed by atoms with Crippen LogP contribution in [0.4, 0.5) is 9.59 Å². The first-order valence-corrected chi connectivity index (χ1v) is 14.8. The molecule has 0 spiro atoms. The van der Waals surface area contributed by atoms with Crippen LogP contribution < -0.4 is 5.30 Å². The van der Waals surface area contributed by atoms with Crippen molar-refractivity contribution in [1.29, 1.82) is 0 Å². The maximum atomic E-state index is 14.6. The van der Waals surface area contributed by atoms with Gasteiger partial charge in [0.15, 0.2) is 0 Å². The molecule has 2 heterocycles. The number of allylic oxidation sites excluding steroid dienone is 2. The van der Waals surface area contributed by atoms with Crippen molar-refractivity contribution in [3.8, 4) is 0 Å². The van der Waals surface area contributed by atoms with Crippen molar-refractivity contribution in [2.45, 2.75) is 91.3 Å². The van der Waals surface area contributed by atoms with E-state index in [1.165, 1.54) is 9.80 Å². The first-order chi connectivity index (χ1) is 17.8. The summed E-state index contributed by atoms with van der Waals surface area (Å²) in [6, 6.07) is 8.55. The van der Waals surface area contributed by atoms with Gasteiger partial charge in [-0.3, -0.25) is 0 Å². The average molecular weight is 549 g/mol. The molecule has 210 valence electrons. The molecule has 0 bridgehead atoms. The normalized spacial score (nSPS) is 17.4. The highest BCUT2D eigenvalue weighted by molar-refractivity contribution is 7.62. The zero-order valence-corrected chi connectivity index (χ0v) is 24.3. The fourth-order valence-corrected chi connectivity index (χ4v) is 5.49. The van der Waals surface area contributed by atoms with Gasteiger partial charge in [-0.25, -0.2) is 24.0 Å². The van der Waals surface area contributed by atoms with Crippen LogP contribution in [-0.2, 0) is 23.1 Å². The van der Waals surface area contributed by atoms with Gasteiger partial charge in [-0.2, -0.15) is 0 Å². The van der Waals surface area contributed by atoms with Gasteiger partial charge in [0.2, 0.25) is 11.8 Å². The minimum Gasteiger partial charge on any atom is -0.443 e. The van der Waals surface area contributed by atoms with Gasteiger partial charge < -0.3 is 18.5 Å². The number of rotatable bonds is 5. The summed E-state index contributed by atoms with van der Waals surface area (Å²) in [6.45, 7) is 11.4. The monoisotopic (exact) mass is 548 g/mol. The Morgan fingerprint density at radius 3 is 1.53 bits per heavy atom. The zero-order valence-electron chi connectivity index (χ0n) is 23.4. The molecule has 0 aromatic heterocycles. The molecule has 0 radical (unpaired) electrons. The largest absolute Gasteiger partial charge is 0.465 e. The smallest absolute Gasteiger partial charge is 0.443 e. The Kier molecular flexibility index (Phi) is 9.58. The van der Waals surface area contributed by atoms with E-state index in [4.69, 9.17) is 18.5 Å². The van der Waals surface area contributed by atoms with Crippen molar-refractivity contribution in [3.05, 3.63) is 54.3 Å². The fraction of sp³-hybridized carbons (Fsp3) is 0.571. The van der Waals surface area contributed by atoms with E-state index in [2.05, 4.69) is 0 Å². The van der Waals surface area contributed by atoms with E-state index in [1.54, 1.807) is 84.0 Å². The number of ether oxygens (including phenoxy) is 2. The molecular formula is C28H41N2O7P. The summed E-state index contributed by atoms with van der Waals surface area (Å²) in [5.74, 6) is 0.226. The molecule has 10 heteroatoms. The molecule has 2 aliphatic heterocycles. The Morgan fingerprint density at radius 2 is 1.13 bits per heavy atom. The first-order valence-electron chi connectivity index (χ1n) is 13.2. The molecule has 1 aromatic carbocycles. The highest BCUT2D eigenvalue weighted by atomic mass is 31.2. The number of hydrogen-bond donors (Lipinski definition) is 0. The van der Waals surface area contributed by atoms with Crippen LogP contribution in [0.15, 0.2) is 54.3 Å². The Balaban J connectivity index is 1.98. The Hall–Kier alpha value is -2.93. The van der Waals surface area contributed by atoms with E-state index in [0.29, 0.717) is 31.2 Å². The molecule has 0 aliphatic carbocycles. The van der Waals surface area contributed by atoms with Gasteiger partial charge >= 0.3 is 19.8 Å². The van der Waals surface area contributed by atoms with Crippen LogP contribution >= 0.6 is 7.60 Å². The Bertz CT molecular complexity index is 1020. The van der Waals surface area contributed by atoms with Gasteiger partial charge in [0.25, 0.3) is 0 Å². The Labute approximate surface area is 226 Å². The molecule has 0 saturated carbocycles. The first kappa shape index (κ1) is 29.6. The molecular weight excluding hydrogens is 507 g/mol. The van der Waals surface area contributed by atoms with Gasteiger partial charge in [0.1, 0.15) is 11.2 Å². The van der Waals surface area contributed by atoms with Crippen LogP contribution in [0.1, 0.15) is 80.1 Å². The molecule has 0 unspecified atom stereocenters. The number of benzene rings is 1. The van der Waals surface area contributed by atoms with Gasteiger partial charge in [-0.15, -0.1) is 0 Å². The molecule has 3 rings (SSSR count). The van der Waals surface area contributed by atoms with Crippen molar-refractivity contribution in [2.75, 3.05) is 13.1 Å². The van der Waals surface area contributed by atoms with E-state index in [1.807, 2.05) is 0 Å². The summed E-state index contributed by atoms with van der Waals surface area (Å²) in [4.78, 5) is 28.9. The van der Waals surface area contributed by atoms with E-state index in [9.17, 15) is 14.2 Å².